The highest BCUT2D eigenvalue weighted by Crippen LogP contribution is 2.29. The van der Waals surface area contributed by atoms with Crippen molar-refractivity contribution in [1.29, 1.82) is 0 Å². The molecule has 4 heteroatoms. The second-order valence-electron chi connectivity index (χ2n) is 3.15. The third kappa shape index (κ3) is 2.86. The van der Waals surface area contributed by atoms with Crippen LogP contribution in [0.4, 0.5) is 0 Å². The van der Waals surface area contributed by atoms with Gasteiger partial charge in [-0.2, -0.15) is 0 Å². The molecule has 1 aromatic heterocycles. The summed E-state index contributed by atoms with van der Waals surface area (Å²) in [4.78, 5) is 1.22. The van der Waals surface area contributed by atoms with E-state index in [1.165, 1.54) is 4.90 Å². The van der Waals surface area contributed by atoms with Crippen molar-refractivity contribution in [1.82, 2.24) is 5.16 Å². The van der Waals surface area contributed by atoms with Crippen LogP contribution in [0.25, 0.3) is 0 Å². The van der Waals surface area contributed by atoms with E-state index in [1.54, 1.807) is 11.8 Å². The predicted octanol–water partition coefficient (Wildman–Crippen LogP) is 4.04. The first-order valence-electron chi connectivity index (χ1n) is 4.55. The maximum atomic E-state index is 5.01. The number of aromatic nitrogens is 1. The number of nitrogens with zero attached hydrogens (tertiary/aromatic N) is 1. The van der Waals surface area contributed by atoms with Gasteiger partial charge in [-0.1, -0.05) is 17.3 Å². The second-order valence-corrected chi connectivity index (χ2v) is 5.02. The van der Waals surface area contributed by atoms with Crippen molar-refractivity contribution in [3.05, 3.63) is 46.3 Å². The lowest BCUT2D eigenvalue weighted by Crippen LogP contribution is -1.80. The molecule has 0 fully saturated rings. The minimum atomic E-state index is 0.833. The van der Waals surface area contributed by atoms with E-state index in [4.69, 9.17) is 4.52 Å². The van der Waals surface area contributed by atoms with Crippen molar-refractivity contribution in [3.63, 3.8) is 0 Å². The fraction of sp³-hybridized carbons (Fsp3) is 0.182. The molecule has 0 amide bonds. The summed E-state index contributed by atoms with van der Waals surface area (Å²) in [6, 6.07) is 10.1. The van der Waals surface area contributed by atoms with Crippen LogP contribution in [0.1, 0.15) is 11.5 Å². The highest BCUT2D eigenvalue weighted by molar-refractivity contribution is 9.10. The third-order valence-electron chi connectivity index (χ3n) is 1.89. The van der Waals surface area contributed by atoms with E-state index >= 15 is 0 Å². The Morgan fingerprint density at radius 3 is 2.87 bits per heavy atom. The van der Waals surface area contributed by atoms with Gasteiger partial charge in [-0.3, -0.25) is 0 Å². The van der Waals surface area contributed by atoms with Crippen molar-refractivity contribution in [2.45, 2.75) is 17.6 Å². The van der Waals surface area contributed by atoms with Gasteiger partial charge in [0.1, 0.15) is 5.76 Å². The zero-order chi connectivity index (χ0) is 10.7. The number of benzene rings is 1. The Hall–Kier alpha value is -0.740. The average molecular weight is 284 g/mol. The van der Waals surface area contributed by atoms with Gasteiger partial charge in [0.2, 0.25) is 0 Å². The van der Waals surface area contributed by atoms with Crippen molar-refractivity contribution in [3.8, 4) is 0 Å². The van der Waals surface area contributed by atoms with Crippen molar-refractivity contribution in [2.75, 3.05) is 0 Å². The minimum absolute atomic E-state index is 0.833. The Morgan fingerprint density at radius 2 is 2.20 bits per heavy atom. The molecule has 0 spiro atoms. The number of hydrogen-bond acceptors (Lipinski definition) is 3. The SMILES string of the molecule is Cc1cc(CSc2ccccc2Br)no1. The number of hydrogen-bond donors (Lipinski definition) is 0. The quantitative estimate of drug-likeness (QED) is 0.796. The minimum Gasteiger partial charge on any atom is -0.361 e. The Labute approximate surface area is 101 Å². The highest BCUT2D eigenvalue weighted by atomic mass is 79.9. The number of halogens is 1. The van der Waals surface area contributed by atoms with Crippen LogP contribution in [-0.2, 0) is 5.75 Å². The Kier molecular flexibility index (Phi) is 3.49. The summed E-state index contributed by atoms with van der Waals surface area (Å²) in [6.07, 6.45) is 0. The van der Waals surface area contributed by atoms with Crippen LogP contribution in [0.2, 0.25) is 0 Å². The summed E-state index contributed by atoms with van der Waals surface area (Å²) in [7, 11) is 0. The van der Waals surface area contributed by atoms with Gasteiger partial charge in [0, 0.05) is 21.2 Å². The standard InChI is InChI=1S/C11H10BrNOS/c1-8-6-9(13-14-8)7-15-11-5-3-2-4-10(11)12/h2-6H,7H2,1H3. The number of thioether (sulfide) groups is 1. The maximum Gasteiger partial charge on any atom is 0.133 e. The van der Waals surface area contributed by atoms with Crippen LogP contribution in [0.5, 0.6) is 0 Å². The molecule has 1 aromatic carbocycles. The first kappa shape index (κ1) is 10.8. The van der Waals surface area contributed by atoms with Crippen LogP contribution >= 0.6 is 27.7 Å². The lowest BCUT2D eigenvalue weighted by Gasteiger charge is -2.00. The summed E-state index contributed by atoms with van der Waals surface area (Å²) in [5.41, 5.74) is 0.980. The van der Waals surface area contributed by atoms with Gasteiger partial charge in [-0.15, -0.1) is 11.8 Å². The molecule has 2 nitrogen and oxygen atoms in total. The zero-order valence-corrected chi connectivity index (χ0v) is 10.6. The van der Waals surface area contributed by atoms with Gasteiger partial charge < -0.3 is 4.52 Å². The smallest absolute Gasteiger partial charge is 0.133 e. The predicted molar refractivity (Wildman–Crippen MR) is 64.9 cm³/mol. The van der Waals surface area contributed by atoms with Crippen LogP contribution in [0.3, 0.4) is 0 Å². The molecule has 0 aliphatic rings. The molecule has 1 heterocycles. The van der Waals surface area contributed by atoms with E-state index < -0.39 is 0 Å². The van der Waals surface area contributed by atoms with Gasteiger partial charge in [-0.25, -0.2) is 0 Å². The number of aryl methyl sites for hydroxylation is 1. The van der Waals surface area contributed by atoms with Crippen LogP contribution < -0.4 is 0 Å². The topological polar surface area (TPSA) is 26.0 Å². The Bertz CT molecular complexity index is 455. The molecule has 0 saturated heterocycles. The molecule has 78 valence electrons. The molecule has 0 radical (unpaired) electrons. The molecule has 15 heavy (non-hydrogen) atoms. The fourth-order valence-electron chi connectivity index (χ4n) is 1.20. The summed E-state index contributed by atoms with van der Waals surface area (Å²) >= 11 is 5.25. The number of rotatable bonds is 3. The maximum absolute atomic E-state index is 5.01. The molecule has 0 unspecified atom stereocenters. The zero-order valence-electron chi connectivity index (χ0n) is 8.24. The molecule has 0 bridgehead atoms. The molecule has 0 N–H and O–H groups in total. The molecule has 0 aliphatic heterocycles. The summed E-state index contributed by atoms with van der Waals surface area (Å²) in [6.45, 7) is 1.90. The van der Waals surface area contributed by atoms with E-state index in [0.29, 0.717) is 0 Å². The monoisotopic (exact) mass is 283 g/mol. The molecule has 0 saturated carbocycles. The molecular weight excluding hydrogens is 274 g/mol. The second kappa shape index (κ2) is 4.86. The van der Waals surface area contributed by atoms with Gasteiger partial charge >= 0.3 is 0 Å². The first-order valence-corrected chi connectivity index (χ1v) is 6.33. The van der Waals surface area contributed by atoms with Crippen molar-refractivity contribution >= 4 is 27.7 Å². The molecule has 2 aromatic rings. The van der Waals surface area contributed by atoms with Crippen LogP contribution in [0, 0.1) is 6.92 Å². The van der Waals surface area contributed by atoms with Crippen LogP contribution in [-0.4, -0.2) is 5.16 Å². The average Bonchev–Trinajstić information content (AvgIpc) is 2.63. The lowest BCUT2D eigenvalue weighted by molar-refractivity contribution is 0.393. The van der Waals surface area contributed by atoms with E-state index in [-0.39, 0.29) is 0 Å². The van der Waals surface area contributed by atoms with E-state index in [9.17, 15) is 0 Å². The molecule has 2 rings (SSSR count). The Balaban J connectivity index is 2.02. The molecular formula is C11H10BrNOS. The summed E-state index contributed by atoms with van der Waals surface area (Å²) in [5.74, 6) is 1.69. The van der Waals surface area contributed by atoms with Gasteiger partial charge in [0.25, 0.3) is 0 Å². The first-order chi connectivity index (χ1) is 7.25. The van der Waals surface area contributed by atoms with Gasteiger partial charge in [0.15, 0.2) is 0 Å². The summed E-state index contributed by atoms with van der Waals surface area (Å²) < 4.78 is 6.13. The van der Waals surface area contributed by atoms with E-state index in [1.807, 2.05) is 31.2 Å². The normalized spacial score (nSPS) is 10.5. The highest BCUT2D eigenvalue weighted by Gasteiger charge is 2.03. The summed E-state index contributed by atoms with van der Waals surface area (Å²) in [5, 5.41) is 3.95. The largest absolute Gasteiger partial charge is 0.361 e. The van der Waals surface area contributed by atoms with E-state index in [2.05, 4.69) is 27.2 Å². The van der Waals surface area contributed by atoms with Crippen molar-refractivity contribution < 1.29 is 4.52 Å². The Morgan fingerprint density at radius 1 is 1.40 bits per heavy atom. The third-order valence-corrected chi connectivity index (χ3v) is 3.95. The van der Waals surface area contributed by atoms with Gasteiger partial charge in [-0.05, 0) is 35.0 Å². The van der Waals surface area contributed by atoms with Crippen molar-refractivity contribution in [2.24, 2.45) is 0 Å². The molecule has 0 atom stereocenters. The fourth-order valence-corrected chi connectivity index (χ4v) is 2.65. The van der Waals surface area contributed by atoms with Gasteiger partial charge in [0.05, 0.1) is 5.69 Å². The lowest BCUT2D eigenvalue weighted by atomic mass is 10.4. The van der Waals surface area contributed by atoms with Crippen LogP contribution in [0.15, 0.2) is 44.2 Å². The van der Waals surface area contributed by atoms with E-state index in [0.717, 1.165) is 21.7 Å². The molecule has 0 aliphatic carbocycles.